The standard InChI is InChI=1S/C21H29N3O2S.ClH/c1-3-21(22,4-2)15-23-20(26)16-8-5-9-17(14-16)24-19(25)12-6-10-18-11-7-13-27-18;/h5,7-9,11,13-14H,3-4,6,10,12,15,22H2,1-2H3,(H,23,26)(H,24,25);1H. The number of anilines is 1. The Morgan fingerprint density at radius 1 is 1.14 bits per heavy atom. The van der Waals surface area contributed by atoms with E-state index in [2.05, 4.69) is 16.7 Å². The van der Waals surface area contributed by atoms with Gasteiger partial charge in [-0.05, 0) is 55.3 Å². The maximum absolute atomic E-state index is 12.4. The average Bonchev–Trinajstić information content (AvgIpc) is 3.19. The van der Waals surface area contributed by atoms with Crippen LogP contribution in [0.15, 0.2) is 41.8 Å². The maximum Gasteiger partial charge on any atom is 0.251 e. The number of halogens is 1. The Labute approximate surface area is 177 Å². The molecule has 0 bridgehead atoms. The molecular weight excluding hydrogens is 394 g/mol. The summed E-state index contributed by atoms with van der Waals surface area (Å²) in [6.07, 6.45) is 3.76. The van der Waals surface area contributed by atoms with E-state index in [0.717, 1.165) is 25.7 Å². The second kappa shape index (κ2) is 11.8. The van der Waals surface area contributed by atoms with Crippen molar-refractivity contribution >= 4 is 41.2 Å². The summed E-state index contributed by atoms with van der Waals surface area (Å²) in [6.45, 7) is 4.46. The lowest BCUT2D eigenvalue weighted by Gasteiger charge is -2.26. The Morgan fingerprint density at radius 2 is 1.89 bits per heavy atom. The minimum absolute atomic E-state index is 0. The van der Waals surface area contributed by atoms with Crippen molar-refractivity contribution < 1.29 is 9.59 Å². The molecule has 0 aliphatic carbocycles. The van der Waals surface area contributed by atoms with E-state index in [4.69, 9.17) is 5.73 Å². The van der Waals surface area contributed by atoms with Crippen LogP contribution in [-0.2, 0) is 11.2 Å². The van der Waals surface area contributed by atoms with Crippen LogP contribution in [0.1, 0.15) is 54.8 Å². The first-order valence-corrected chi connectivity index (χ1v) is 10.3. The van der Waals surface area contributed by atoms with Crippen LogP contribution in [0.3, 0.4) is 0 Å². The molecule has 0 spiro atoms. The van der Waals surface area contributed by atoms with Gasteiger partial charge in [-0.25, -0.2) is 0 Å². The van der Waals surface area contributed by atoms with E-state index in [1.54, 1.807) is 35.6 Å². The molecule has 2 rings (SSSR count). The van der Waals surface area contributed by atoms with Gasteiger partial charge in [-0.15, -0.1) is 23.7 Å². The maximum atomic E-state index is 12.4. The van der Waals surface area contributed by atoms with E-state index in [-0.39, 0.29) is 29.8 Å². The highest BCUT2D eigenvalue weighted by Crippen LogP contribution is 2.15. The Morgan fingerprint density at radius 3 is 2.54 bits per heavy atom. The summed E-state index contributed by atoms with van der Waals surface area (Å²) >= 11 is 1.71. The van der Waals surface area contributed by atoms with Crippen molar-refractivity contribution in [3.63, 3.8) is 0 Å². The zero-order valence-electron chi connectivity index (χ0n) is 16.5. The highest BCUT2D eigenvalue weighted by Gasteiger charge is 2.21. The number of amides is 2. The number of hydrogen-bond donors (Lipinski definition) is 3. The number of nitrogens with one attached hydrogen (secondary N) is 2. The molecule has 7 heteroatoms. The minimum atomic E-state index is -0.385. The molecule has 0 fully saturated rings. The lowest BCUT2D eigenvalue weighted by molar-refractivity contribution is -0.116. The van der Waals surface area contributed by atoms with E-state index in [1.165, 1.54) is 4.88 Å². The number of aryl methyl sites for hydroxylation is 1. The zero-order valence-corrected chi connectivity index (χ0v) is 18.1. The molecule has 1 aromatic carbocycles. The Balaban J connectivity index is 0.00000392. The quantitative estimate of drug-likeness (QED) is 0.530. The number of thiophene rings is 1. The number of benzene rings is 1. The van der Waals surface area contributed by atoms with Crippen LogP contribution in [-0.4, -0.2) is 23.9 Å². The molecule has 0 unspecified atom stereocenters. The normalized spacial score (nSPS) is 10.8. The third-order valence-corrected chi connectivity index (χ3v) is 5.76. The van der Waals surface area contributed by atoms with Crippen molar-refractivity contribution in [2.24, 2.45) is 5.73 Å². The van der Waals surface area contributed by atoms with Crippen LogP contribution in [0.2, 0.25) is 0 Å². The highest BCUT2D eigenvalue weighted by molar-refractivity contribution is 7.09. The van der Waals surface area contributed by atoms with Crippen LogP contribution in [0, 0.1) is 0 Å². The minimum Gasteiger partial charge on any atom is -0.350 e. The molecule has 2 amide bonds. The molecular formula is C21H30ClN3O2S. The van der Waals surface area contributed by atoms with Gasteiger partial charge in [-0.1, -0.05) is 26.0 Å². The van der Waals surface area contributed by atoms with Crippen molar-refractivity contribution in [2.75, 3.05) is 11.9 Å². The van der Waals surface area contributed by atoms with Crippen molar-refractivity contribution in [1.82, 2.24) is 5.32 Å². The number of nitrogens with two attached hydrogens (primary N) is 1. The number of carbonyl (C=O) groups is 2. The van der Waals surface area contributed by atoms with Gasteiger partial charge in [0.15, 0.2) is 0 Å². The van der Waals surface area contributed by atoms with Gasteiger partial charge in [0.1, 0.15) is 0 Å². The number of carbonyl (C=O) groups excluding carboxylic acids is 2. The van der Waals surface area contributed by atoms with E-state index in [1.807, 2.05) is 25.3 Å². The smallest absolute Gasteiger partial charge is 0.251 e. The summed E-state index contributed by atoms with van der Waals surface area (Å²) in [5, 5.41) is 7.81. The zero-order chi connectivity index (χ0) is 19.7. The lowest BCUT2D eigenvalue weighted by Crippen LogP contribution is -2.49. The fourth-order valence-corrected chi connectivity index (χ4v) is 3.45. The Kier molecular flexibility index (Phi) is 10.2. The van der Waals surface area contributed by atoms with Gasteiger partial charge in [0.25, 0.3) is 5.91 Å². The first-order chi connectivity index (χ1) is 13.0. The highest BCUT2D eigenvalue weighted by atomic mass is 35.5. The van der Waals surface area contributed by atoms with E-state index in [0.29, 0.717) is 24.2 Å². The molecule has 0 saturated carbocycles. The second-order valence-corrected chi connectivity index (χ2v) is 7.85. The van der Waals surface area contributed by atoms with Gasteiger partial charge in [-0.3, -0.25) is 9.59 Å². The predicted octanol–water partition coefficient (Wildman–Crippen LogP) is 4.38. The molecule has 2 aromatic rings. The molecule has 4 N–H and O–H groups in total. The van der Waals surface area contributed by atoms with Gasteiger partial charge >= 0.3 is 0 Å². The molecule has 0 aliphatic heterocycles. The van der Waals surface area contributed by atoms with Crippen LogP contribution in [0.25, 0.3) is 0 Å². The first kappa shape index (κ1) is 24.1. The molecule has 154 valence electrons. The molecule has 0 radical (unpaired) electrons. The fraction of sp³-hybridized carbons (Fsp3) is 0.429. The van der Waals surface area contributed by atoms with Gasteiger partial charge < -0.3 is 16.4 Å². The third kappa shape index (κ3) is 7.62. The van der Waals surface area contributed by atoms with Gasteiger partial charge in [0, 0.05) is 34.6 Å². The summed E-state index contributed by atoms with van der Waals surface area (Å²) in [4.78, 5) is 25.8. The molecule has 1 heterocycles. The SMILES string of the molecule is CCC(N)(CC)CNC(=O)c1cccc(NC(=O)CCCc2cccs2)c1.Cl. The van der Waals surface area contributed by atoms with E-state index >= 15 is 0 Å². The lowest BCUT2D eigenvalue weighted by atomic mass is 9.94. The summed E-state index contributed by atoms with van der Waals surface area (Å²) in [5.74, 6) is -0.220. The van der Waals surface area contributed by atoms with Crippen molar-refractivity contribution in [2.45, 2.75) is 51.5 Å². The molecule has 1 aromatic heterocycles. The molecule has 0 saturated heterocycles. The van der Waals surface area contributed by atoms with Gasteiger partial charge in [0.05, 0.1) is 0 Å². The third-order valence-electron chi connectivity index (χ3n) is 4.82. The van der Waals surface area contributed by atoms with Gasteiger partial charge in [0.2, 0.25) is 5.91 Å². The Bertz CT molecular complexity index is 746. The molecule has 0 aliphatic rings. The van der Waals surface area contributed by atoms with Crippen LogP contribution in [0.4, 0.5) is 5.69 Å². The summed E-state index contributed by atoms with van der Waals surface area (Å²) in [7, 11) is 0. The Hall–Kier alpha value is -1.89. The van der Waals surface area contributed by atoms with E-state index in [9.17, 15) is 9.59 Å². The second-order valence-electron chi connectivity index (χ2n) is 6.81. The number of rotatable bonds is 10. The predicted molar refractivity (Wildman–Crippen MR) is 119 cm³/mol. The topological polar surface area (TPSA) is 84.2 Å². The summed E-state index contributed by atoms with van der Waals surface area (Å²) in [6, 6.07) is 11.1. The molecule has 5 nitrogen and oxygen atoms in total. The van der Waals surface area contributed by atoms with Crippen molar-refractivity contribution in [3.8, 4) is 0 Å². The summed E-state index contributed by atoms with van der Waals surface area (Å²) in [5.41, 5.74) is 6.99. The summed E-state index contributed by atoms with van der Waals surface area (Å²) < 4.78 is 0. The van der Waals surface area contributed by atoms with Gasteiger partial charge in [-0.2, -0.15) is 0 Å². The molecule has 28 heavy (non-hydrogen) atoms. The monoisotopic (exact) mass is 423 g/mol. The van der Waals surface area contributed by atoms with Crippen LogP contribution < -0.4 is 16.4 Å². The average molecular weight is 424 g/mol. The fourth-order valence-electron chi connectivity index (χ4n) is 2.70. The van der Waals surface area contributed by atoms with Crippen molar-refractivity contribution in [1.29, 1.82) is 0 Å². The van der Waals surface area contributed by atoms with Crippen LogP contribution >= 0.6 is 23.7 Å². The molecule has 0 atom stereocenters. The largest absolute Gasteiger partial charge is 0.350 e. The first-order valence-electron chi connectivity index (χ1n) is 9.45. The number of hydrogen-bond acceptors (Lipinski definition) is 4. The van der Waals surface area contributed by atoms with Crippen LogP contribution in [0.5, 0.6) is 0 Å². The van der Waals surface area contributed by atoms with E-state index < -0.39 is 0 Å². The van der Waals surface area contributed by atoms with Crippen molar-refractivity contribution in [3.05, 3.63) is 52.2 Å².